The van der Waals surface area contributed by atoms with Crippen molar-refractivity contribution in [3.8, 4) is 11.5 Å². The molecule has 0 aliphatic carbocycles. The van der Waals surface area contributed by atoms with Crippen LogP contribution in [0, 0.1) is 13.8 Å². The molecule has 4 heteroatoms. The Morgan fingerprint density at radius 1 is 1.11 bits per heavy atom. The van der Waals surface area contributed by atoms with E-state index >= 15 is 0 Å². The van der Waals surface area contributed by atoms with Crippen LogP contribution in [-0.4, -0.2) is 4.98 Å². The minimum absolute atomic E-state index is 0.498. The van der Waals surface area contributed by atoms with Crippen molar-refractivity contribution in [2.24, 2.45) is 0 Å². The highest BCUT2D eigenvalue weighted by atomic mass is 35.5. The van der Waals surface area contributed by atoms with Gasteiger partial charge in [0.05, 0.1) is 16.3 Å². The summed E-state index contributed by atoms with van der Waals surface area (Å²) in [7, 11) is 0. The monoisotopic (exact) mass is 272 g/mol. The lowest BCUT2D eigenvalue weighted by atomic mass is 10.1. The first-order valence-electron chi connectivity index (χ1n) is 5.98. The Kier molecular flexibility index (Phi) is 2.72. The number of hydrogen-bond acceptors (Lipinski definition) is 3. The number of anilines is 1. The largest absolute Gasteiger partial charge is 0.434 e. The fraction of sp³-hybridized carbons (Fsp3) is 0.133. The Hall–Kier alpha value is -2.00. The van der Waals surface area contributed by atoms with Crippen LogP contribution in [0.5, 0.6) is 0 Å². The minimum Gasteiger partial charge on any atom is -0.434 e. The highest BCUT2D eigenvalue weighted by Gasteiger charge is 2.13. The van der Waals surface area contributed by atoms with E-state index in [0.717, 1.165) is 22.2 Å². The van der Waals surface area contributed by atoms with Gasteiger partial charge in [0.2, 0.25) is 5.89 Å². The molecule has 1 heterocycles. The van der Waals surface area contributed by atoms with Gasteiger partial charge in [-0.05, 0) is 49.2 Å². The highest BCUT2D eigenvalue weighted by Crippen LogP contribution is 2.32. The number of rotatable bonds is 1. The number of aryl methyl sites for hydroxylation is 2. The predicted octanol–water partition coefficient (Wildman–Crippen LogP) is 4.35. The van der Waals surface area contributed by atoms with E-state index in [2.05, 4.69) is 4.98 Å². The first-order chi connectivity index (χ1) is 9.04. The summed E-state index contributed by atoms with van der Waals surface area (Å²) in [4.78, 5) is 4.46. The Labute approximate surface area is 116 Å². The van der Waals surface area contributed by atoms with Crippen LogP contribution in [0.3, 0.4) is 0 Å². The molecule has 3 rings (SSSR count). The quantitative estimate of drug-likeness (QED) is 0.670. The molecule has 2 N–H and O–H groups in total. The maximum Gasteiger partial charge on any atom is 0.228 e. The highest BCUT2D eigenvalue weighted by molar-refractivity contribution is 6.33. The lowest BCUT2D eigenvalue weighted by Gasteiger charge is -2.00. The van der Waals surface area contributed by atoms with Gasteiger partial charge in [0.15, 0.2) is 5.58 Å². The Balaban J connectivity index is 2.23. The maximum atomic E-state index is 6.23. The third-order valence-corrected chi connectivity index (χ3v) is 3.33. The van der Waals surface area contributed by atoms with Crippen LogP contribution in [0.1, 0.15) is 11.1 Å². The van der Waals surface area contributed by atoms with Crippen LogP contribution in [0.2, 0.25) is 5.02 Å². The second-order valence-electron chi connectivity index (χ2n) is 4.70. The molecule has 0 saturated heterocycles. The van der Waals surface area contributed by atoms with Gasteiger partial charge in [-0.2, -0.15) is 0 Å². The summed E-state index contributed by atoms with van der Waals surface area (Å²) in [6.07, 6.45) is 0. The number of halogens is 1. The molecule has 0 spiro atoms. The molecule has 0 fully saturated rings. The molecule has 0 atom stereocenters. The summed E-state index contributed by atoms with van der Waals surface area (Å²) in [5.74, 6) is 0.498. The zero-order valence-corrected chi connectivity index (χ0v) is 11.5. The van der Waals surface area contributed by atoms with Crippen LogP contribution in [-0.2, 0) is 0 Å². The van der Waals surface area contributed by atoms with Crippen LogP contribution >= 0.6 is 11.6 Å². The number of fused-ring (bicyclic) bond motifs is 1. The second-order valence-corrected chi connectivity index (χ2v) is 5.11. The van der Waals surface area contributed by atoms with Gasteiger partial charge >= 0.3 is 0 Å². The maximum absolute atomic E-state index is 6.23. The molecular weight excluding hydrogens is 260 g/mol. The summed E-state index contributed by atoms with van der Waals surface area (Å²) in [6, 6.07) is 9.59. The summed E-state index contributed by atoms with van der Waals surface area (Å²) >= 11 is 6.23. The lowest BCUT2D eigenvalue weighted by molar-refractivity contribution is 0.621. The van der Waals surface area contributed by atoms with E-state index in [1.165, 1.54) is 0 Å². The molecule has 0 bridgehead atoms. The van der Waals surface area contributed by atoms with Crippen LogP contribution in [0.4, 0.5) is 5.69 Å². The van der Waals surface area contributed by atoms with E-state index in [9.17, 15) is 0 Å². The minimum atomic E-state index is 0.498. The van der Waals surface area contributed by atoms with E-state index < -0.39 is 0 Å². The van der Waals surface area contributed by atoms with Crippen molar-refractivity contribution in [3.05, 3.63) is 46.5 Å². The molecule has 0 unspecified atom stereocenters. The number of benzene rings is 2. The Morgan fingerprint density at radius 3 is 2.63 bits per heavy atom. The molecule has 96 valence electrons. The van der Waals surface area contributed by atoms with Gasteiger partial charge in [-0.25, -0.2) is 4.98 Å². The molecule has 3 aromatic rings. The fourth-order valence-electron chi connectivity index (χ4n) is 2.11. The fourth-order valence-corrected chi connectivity index (χ4v) is 2.43. The summed E-state index contributed by atoms with van der Waals surface area (Å²) in [5.41, 5.74) is 10.8. The van der Waals surface area contributed by atoms with Crippen molar-refractivity contribution in [1.82, 2.24) is 4.98 Å². The van der Waals surface area contributed by atoms with Gasteiger partial charge in [0.25, 0.3) is 0 Å². The SMILES string of the molecule is Cc1ccc(-c2nc3cc(C)cc(N)c3o2)c(Cl)c1. The van der Waals surface area contributed by atoms with Gasteiger partial charge < -0.3 is 10.2 Å². The third kappa shape index (κ3) is 2.06. The first-order valence-corrected chi connectivity index (χ1v) is 6.35. The number of hydrogen-bond donors (Lipinski definition) is 1. The zero-order valence-electron chi connectivity index (χ0n) is 10.7. The summed E-state index contributed by atoms with van der Waals surface area (Å²) in [5, 5.41) is 0.627. The molecule has 3 nitrogen and oxygen atoms in total. The average molecular weight is 273 g/mol. The van der Waals surface area contributed by atoms with Crippen LogP contribution < -0.4 is 5.73 Å². The van der Waals surface area contributed by atoms with Gasteiger partial charge in [0, 0.05) is 0 Å². The van der Waals surface area contributed by atoms with Crippen molar-refractivity contribution >= 4 is 28.4 Å². The number of nitrogens with zero attached hydrogens (tertiary/aromatic N) is 1. The average Bonchev–Trinajstić information content (AvgIpc) is 2.72. The Bertz CT molecular complexity index is 777. The van der Waals surface area contributed by atoms with Gasteiger partial charge in [-0.1, -0.05) is 17.7 Å². The molecule has 2 aromatic carbocycles. The van der Waals surface area contributed by atoms with E-state index in [4.69, 9.17) is 21.8 Å². The van der Waals surface area contributed by atoms with Crippen LogP contribution in [0.15, 0.2) is 34.7 Å². The molecule has 0 aliphatic rings. The smallest absolute Gasteiger partial charge is 0.228 e. The van der Waals surface area contributed by atoms with E-state index in [1.54, 1.807) is 0 Å². The topological polar surface area (TPSA) is 52.0 Å². The second kappa shape index (κ2) is 4.28. The third-order valence-electron chi connectivity index (χ3n) is 3.02. The summed E-state index contributed by atoms with van der Waals surface area (Å²) < 4.78 is 5.74. The predicted molar refractivity (Wildman–Crippen MR) is 78.3 cm³/mol. The number of nitrogens with two attached hydrogens (primary N) is 1. The lowest BCUT2D eigenvalue weighted by Crippen LogP contribution is -1.86. The molecule has 0 aliphatic heterocycles. The molecule has 1 aromatic heterocycles. The van der Waals surface area contributed by atoms with Crippen molar-refractivity contribution in [2.75, 3.05) is 5.73 Å². The summed E-state index contributed by atoms with van der Waals surface area (Å²) in [6.45, 7) is 3.96. The van der Waals surface area contributed by atoms with E-state index in [0.29, 0.717) is 22.2 Å². The van der Waals surface area contributed by atoms with Gasteiger partial charge in [-0.15, -0.1) is 0 Å². The molecular formula is C15H13ClN2O. The van der Waals surface area contributed by atoms with Gasteiger partial charge in [0.1, 0.15) is 5.52 Å². The van der Waals surface area contributed by atoms with E-state index in [-0.39, 0.29) is 0 Å². The normalized spacial score (nSPS) is 11.1. The number of nitrogen functional groups attached to an aromatic ring is 1. The van der Waals surface area contributed by atoms with Crippen molar-refractivity contribution in [3.63, 3.8) is 0 Å². The molecule has 0 saturated carbocycles. The number of aromatic nitrogens is 1. The van der Waals surface area contributed by atoms with Crippen molar-refractivity contribution < 1.29 is 4.42 Å². The Morgan fingerprint density at radius 2 is 1.89 bits per heavy atom. The van der Waals surface area contributed by atoms with E-state index in [1.807, 2.05) is 44.2 Å². The molecule has 0 radical (unpaired) electrons. The number of oxazole rings is 1. The van der Waals surface area contributed by atoms with Crippen LogP contribution in [0.25, 0.3) is 22.6 Å². The first kappa shape index (κ1) is 12.1. The van der Waals surface area contributed by atoms with Crippen molar-refractivity contribution in [2.45, 2.75) is 13.8 Å². The molecule has 19 heavy (non-hydrogen) atoms. The molecule has 0 amide bonds. The standard InChI is InChI=1S/C15H13ClN2O/c1-8-3-4-10(11(16)5-8)15-18-13-7-9(2)6-12(17)14(13)19-15/h3-7H,17H2,1-2H3. The zero-order chi connectivity index (χ0) is 13.6. The van der Waals surface area contributed by atoms with Gasteiger partial charge in [-0.3, -0.25) is 0 Å². The van der Waals surface area contributed by atoms with Crippen molar-refractivity contribution in [1.29, 1.82) is 0 Å².